The summed E-state index contributed by atoms with van der Waals surface area (Å²) in [6.45, 7) is 3.95. The molecule has 2 N–H and O–H groups in total. The van der Waals surface area contributed by atoms with Crippen LogP contribution < -0.4 is 5.73 Å². The van der Waals surface area contributed by atoms with E-state index in [9.17, 15) is 0 Å². The van der Waals surface area contributed by atoms with Crippen molar-refractivity contribution in [1.29, 1.82) is 0 Å². The molecular weight excluding hydrogens is 238 g/mol. The number of nitrogens with two attached hydrogens (primary N) is 1. The average molecular weight is 253 g/mol. The van der Waals surface area contributed by atoms with Gasteiger partial charge in [-0.1, -0.05) is 12.1 Å². The molecule has 0 radical (unpaired) electrons. The second-order valence-corrected chi connectivity index (χ2v) is 5.03. The largest absolute Gasteiger partial charge is 0.391 e. The molecule has 2 heterocycles. The third-order valence-electron chi connectivity index (χ3n) is 2.86. The van der Waals surface area contributed by atoms with Crippen molar-refractivity contribution in [3.63, 3.8) is 0 Å². The molecule has 1 atom stereocenters. The third kappa shape index (κ3) is 2.18. The highest BCUT2D eigenvalue weighted by Crippen LogP contribution is 2.31. The maximum absolute atomic E-state index is 5.66. The zero-order valence-corrected chi connectivity index (χ0v) is 10.9. The lowest BCUT2D eigenvalue weighted by atomic mass is 10.0. The molecule has 17 heavy (non-hydrogen) atoms. The predicted molar refractivity (Wildman–Crippen MR) is 66.7 cm³/mol. The van der Waals surface area contributed by atoms with Crippen molar-refractivity contribution in [3.05, 3.63) is 18.0 Å². The molecule has 0 aliphatic rings. The molecule has 6 heteroatoms. The van der Waals surface area contributed by atoms with Crippen molar-refractivity contribution in [2.75, 3.05) is 12.8 Å². The highest BCUT2D eigenvalue weighted by molar-refractivity contribution is 7.19. The summed E-state index contributed by atoms with van der Waals surface area (Å²) in [6.07, 6.45) is 0.773. The van der Waals surface area contributed by atoms with Crippen LogP contribution in [0.1, 0.15) is 26.1 Å². The standard InChI is InChI=1S/C11H15N3O2S/c1-4-11(2,15-3)10-13-9(16-14-10)7-5-6-8(12)17-7/h5-6H,4,12H2,1-3H3. The molecule has 1 unspecified atom stereocenters. The Balaban J connectivity index is 2.33. The van der Waals surface area contributed by atoms with Gasteiger partial charge in [0.05, 0.1) is 9.88 Å². The van der Waals surface area contributed by atoms with Crippen LogP contribution in [0.5, 0.6) is 0 Å². The van der Waals surface area contributed by atoms with E-state index < -0.39 is 5.60 Å². The number of nitrogens with zero attached hydrogens (tertiary/aromatic N) is 2. The SMILES string of the molecule is CCC(C)(OC)c1noc(-c2ccc(N)s2)n1. The normalized spacial score (nSPS) is 14.8. The summed E-state index contributed by atoms with van der Waals surface area (Å²) in [5, 5.41) is 4.70. The lowest BCUT2D eigenvalue weighted by Crippen LogP contribution is -2.24. The fourth-order valence-electron chi connectivity index (χ4n) is 1.40. The van der Waals surface area contributed by atoms with Gasteiger partial charge < -0.3 is 15.0 Å². The summed E-state index contributed by atoms with van der Waals surface area (Å²) in [5.74, 6) is 1.04. The van der Waals surface area contributed by atoms with Crippen molar-refractivity contribution >= 4 is 16.3 Å². The van der Waals surface area contributed by atoms with Crippen LogP contribution >= 0.6 is 11.3 Å². The minimum Gasteiger partial charge on any atom is -0.391 e. The molecule has 92 valence electrons. The van der Waals surface area contributed by atoms with Crippen molar-refractivity contribution in [1.82, 2.24) is 10.1 Å². The van der Waals surface area contributed by atoms with E-state index in [1.165, 1.54) is 11.3 Å². The summed E-state index contributed by atoms with van der Waals surface area (Å²) in [5.41, 5.74) is 5.16. The molecule has 0 saturated carbocycles. The zero-order chi connectivity index (χ0) is 12.5. The van der Waals surface area contributed by atoms with Crippen LogP contribution in [0.15, 0.2) is 16.7 Å². The van der Waals surface area contributed by atoms with Gasteiger partial charge in [0.1, 0.15) is 5.60 Å². The van der Waals surface area contributed by atoms with Crippen LogP contribution in [-0.2, 0) is 10.3 Å². The lowest BCUT2D eigenvalue weighted by Gasteiger charge is -2.21. The van der Waals surface area contributed by atoms with Gasteiger partial charge in [-0.3, -0.25) is 0 Å². The fraction of sp³-hybridized carbons (Fsp3) is 0.455. The molecular formula is C11H15N3O2S. The lowest BCUT2D eigenvalue weighted by molar-refractivity contribution is -0.0106. The topological polar surface area (TPSA) is 74.2 Å². The smallest absolute Gasteiger partial charge is 0.268 e. The number of ether oxygens (including phenoxy) is 1. The van der Waals surface area contributed by atoms with Crippen LogP contribution in [0.4, 0.5) is 5.00 Å². The summed E-state index contributed by atoms with van der Waals surface area (Å²) in [4.78, 5) is 5.23. The zero-order valence-electron chi connectivity index (χ0n) is 10.1. The van der Waals surface area contributed by atoms with Crippen molar-refractivity contribution in [3.8, 4) is 10.8 Å². The van der Waals surface area contributed by atoms with Gasteiger partial charge in [-0.05, 0) is 25.5 Å². The Morgan fingerprint density at radius 3 is 2.82 bits per heavy atom. The molecule has 0 aliphatic carbocycles. The van der Waals surface area contributed by atoms with E-state index in [1.807, 2.05) is 26.0 Å². The maximum Gasteiger partial charge on any atom is 0.268 e. The van der Waals surface area contributed by atoms with Crippen molar-refractivity contribution < 1.29 is 9.26 Å². The predicted octanol–water partition coefficient (Wildman–Crippen LogP) is 2.65. The highest BCUT2D eigenvalue weighted by Gasteiger charge is 2.30. The minimum atomic E-state index is -0.509. The Bertz CT molecular complexity index is 502. The van der Waals surface area contributed by atoms with E-state index in [1.54, 1.807) is 7.11 Å². The molecule has 0 aromatic carbocycles. The first-order chi connectivity index (χ1) is 8.09. The van der Waals surface area contributed by atoms with Crippen LogP contribution in [-0.4, -0.2) is 17.3 Å². The van der Waals surface area contributed by atoms with Gasteiger partial charge >= 0.3 is 0 Å². The van der Waals surface area contributed by atoms with Crippen LogP contribution in [0.2, 0.25) is 0 Å². The quantitative estimate of drug-likeness (QED) is 0.906. The summed E-state index contributed by atoms with van der Waals surface area (Å²) >= 11 is 1.42. The monoisotopic (exact) mass is 253 g/mol. The first-order valence-electron chi connectivity index (χ1n) is 5.34. The van der Waals surface area contributed by atoms with Crippen LogP contribution in [0.25, 0.3) is 10.8 Å². The van der Waals surface area contributed by atoms with Crippen LogP contribution in [0.3, 0.4) is 0 Å². The van der Waals surface area contributed by atoms with Gasteiger partial charge in [-0.15, -0.1) is 11.3 Å². The number of hydrogen-bond acceptors (Lipinski definition) is 6. The molecule has 0 spiro atoms. The number of rotatable bonds is 4. The van der Waals surface area contributed by atoms with E-state index in [0.29, 0.717) is 11.7 Å². The second kappa shape index (κ2) is 4.46. The molecule has 2 aromatic rings. The van der Waals surface area contributed by atoms with Crippen molar-refractivity contribution in [2.24, 2.45) is 0 Å². The number of thiophene rings is 1. The molecule has 2 aromatic heterocycles. The molecule has 0 bridgehead atoms. The van der Waals surface area contributed by atoms with Gasteiger partial charge in [0.15, 0.2) is 0 Å². The first-order valence-corrected chi connectivity index (χ1v) is 6.15. The highest BCUT2D eigenvalue weighted by atomic mass is 32.1. The van der Waals surface area contributed by atoms with Gasteiger partial charge in [0, 0.05) is 7.11 Å². The molecule has 0 saturated heterocycles. The number of anilines is 1. The summed E-state index contributed by atoms with van der Waals surface area (Å²) < 4.78 is 10.6. The summed E-state index contributed by atoms with van der Waals surface area (Å²) in [7, 11) is 1.64. The van der Waals surface area contributed by atoms with Gasteiger partial charge in [-0.2, -0.15) is 4.98 Å². The molecule has 5 nitrogen and oxygen atoms in total. The fourth-order valence-corrected chi connectivity index (χ4v) is 2.10. The Morgan fingerprint density at radius 1 is 1.53 bits per heavy atom. The first kappa shape index (κ1) is 12.1. The van der Waals surface area contributed by atoms with Crippen LogP contribution in [0, 0.1) is 0 Å². The van der Waals surface area contributed by atoms with E-state index in [0.717, 1.165) is 16.3 Å². The number of aromatic nitrogens is 2. The second-order valence-electron chi connectivity index (χ2n) is 3.91. The molecule has 0 fully saturated rings. The van der Waals surface area contributed by atoms with E-state index in [4.69, 9.17) is 15.0 Å². The van der Waals surface area contributed by atoms with E-state index >= 15 is 0 Å². The Labute approximate surface area is 104 Å². The number of nitrogen functional groups attached to an aromatic ring is 1. The maximum atomic E-state index is 5.66. The number of hydrogen-bond donors (Lipinski definition) is 1. The molecule has 0 aliphatic heterocycles. The Hall–Kier alpha value is -1.40. The van der Waals surface area contributed by atoms with Crippen molar-refractivity contribution in [2.45, 2.75) is 25.9 Å². The summed E-state index contributed by atoms with van der Waals surface area (Å²) in [6, 6.07) is 3.69. The number of methoxy groups -OCH3 is 1. The Morgan fingerprint density at radius 2 is 2.29 bits per heavy atom. The van der Waals surface area contributed by atoms with Gasteiger partial charge in [-0.25, -0.2) is 0 Å². The Kier molecular flexibility index (Phi) is 3.17. The molecule has 0 amide bonds. The molecule has 2 rings (SSSR count). The average Bonchev–Trinajstić information content (AvgIpc) is 2.96. The van der Waals surface area contributed by atoms with E-state index in [-0.39, 0.29) is 0 Å². The third-order valence-corrected chi connectivity index (χ3v) is 3.76. The van der Waals surface area contributed by atoms with Gasteiger partial charge in [0.25, 0.3) is 5.89 Å². The minimum absolute atomic E-state index is 0.485. The van der Waals surface area contributed by atoms with E-state index in [2.05, 4.69) is 10.1 Å². The van der Waals surface area contributed by atoms with Gasteiger partial charge in [0.2, 0.25) is 5.82 Å².